The highest BCUT2D eigenvalue weighted by atomic mass is 16.6. The van der Waals surface area contributed by atoms with E-state index in [1.807, 2.05) is 6.08 Å². The van der Waals surface area contributed by atoms with Crippen LogP contribution in [-0.2, 0) is 0 Å². The van der Waals surface area contributed by atoms with Crippen molar-refractivity contribution in [1.82, 2.24) is 0 Å². The number of hydrazone groups is 1. The Bertz CT molecular complexity index is 589. The van der Waals surface area contributed by atoms with E-state index in [1.54, 1.807) is 18.2 Å². The van der Waals surface area contributed by atoms with E-state index >= 15 is 0 Å². The predicted octanol–water partition coefficient (Wildman–Crippen LogP) is 4.13. The molecule has 0 fully saturated rings. The van der Waals surface area contributed by atoms with Crippen molar-refractivity contribution in [2.45, 2.75) is 33.6 Å². The van der Waals surface area contributed by atoms with Crippen molar-refractivity contribution in [3.05, 3.63) is 46.0 Å². The molecule has 0 spiro atoms. The summed E-state index contributed by atoms with van der Waals surface area (Å²) < 4.78 is 0. The number of hydrogen-bond donors (Lipinski definition) is 1. The van der Waals surface area contributed by atoms with Crippen LogP contribution in [0.5, 0.6) is 0 Å². The molecule has 0 saturated carbocycles. The van der Waals surface area contributed by atoms with E-state index in [9.17, 15) is 10.1 Å². The second-order valence-electron chi connectivity index (χ2n) is 6.00. The second-order valence-corrected chi connectivity index (χ2v) is 6.00. The number of hydrogen-bond acceptors (Lipinski definition) is 4. The molecule has 1 aromatic carbocycles. The second kappa shape index (κ2) is 5.45. The number of para-hydroxylation sites is 2. The monoisotopic (exact) mass is 273 g/mol. The zero-order valence-corrected chi connectivity index (χ0v) is 12.0. The summed E-state index contributed by atoms with van der Waals surface area (Å²) in [7, 11) is 0. The van der Waals surface area contributed by atoms with Crippen molar-refractivity contribution < 1.29 is 4.92 Å². The van der Waals surface area contributed by atoms with Gasteiger partial charge in [0.1, 0.15) is 5.69 Å². The van der Waals surface area contributed by atoms with Crippen molar-refractivity contribution in [2.75, 3.05) is 5.43 Å². The Morgan fingerprint density at radius 2 is 2.00 bits per heavy atom. The molecule has 0 saturated heterocycles. The Morgan fingerprint density at radius 1 is 1.30 bits per heavy atom. The topological polar surface area (TPSA) is 67.5 Å². The van der Waals surface area contributed by atoms with Crippen molar-refractivity contribution >= 4 is 17.1 Å². The van der Waals surface area contributed by atoms with Crippen LogP contribution in [0, 0.1) is 15.5 Å². The van der Waals surface area contributed by atoms with Gasteiger partial charge in [-0.3, -0.25) is 15.5 Å². The van der Waals surface area contributed by atoms with Crippen LogP contribution in [0.2, 0.25) is 0 Å². The Labute approximate surface area is 118 Å². The Kier molecular flexibility index (Phi) is 3.88. The van der Waals surface area contributed by atoms with Crippen LogP contribution in [-0.4, -0.2) is 10.6 Å². The minimum Gasteiger partial charge on any atom is -0.271 e. The van der Waals surface area contributed by atoms with Gasteiger partial charge in [0, 0.05) is 6.07 Å². The summed E-state index contributed by atoms with van der Waals surface area (Å²) in [5.74, 6) is 0. The molecular weight excluding hydrogens is 254 g/mol. The zero-order chi connectivity index (χ0) is 14.8. The van der Waals surface area contributed by atoms with Crippen LogP contribution in [0.1, 0.15) is 33.6 Å². The summed E-state index contributed by atoms with van der Waals surface area (Å²) in [4.78, 5) is 10.5. The largest absolute Gasteiger partial charge is 0.294 e. The first-order chi connectivity index (χ1) is 9.37. The lowest BCUT2D eigenvalue weighted by Gasteiger charge is -2.29. The molecular formula is C15H19N3O2. The van der Waals surface area contributed by atoms with Gasteiger partial charge in [-0.05, 0) is 37.3 Å². The summed E-state index contributed by atoms with van der Waals surface area (Å²) >= 11 is 0. The summed E-state index contributed by atoms with van der Waals surface area (Å²) in [6, 6.07) is 6.52. The number of nitro benzene ring substituents is 1. The fourth-order valence-corrected chi connectivity index (χ4v) is 2.63. The van der Waals surface area contributed by atoms with E-state index < -0.39 is 4.92 Å². The number of allylic oxidation sites excluding steroid dienone is 2. The lowest BCUT2D eigenvalue weighted by Crippen LogP contribution is -2.21. The quantitative estimate of drug-likeness (QED) is 0.665. The maximum Gasteiger partial charge on any atom is 0.294 e. The third kappa shape index (κ3) is 3.44. The van der Waals surface area contributed by atoms with Crippen LogP contribution in [0.25, 0.3) is 0 Å². The van der Waals surface area contributed by atoms with Gasteiger partial charge in [-0.15, -0.1) is 0 Å². The first-order valence-corrected chi connectivity index (χ1v) is 6.60. The normalized spacial score (nSPS) is 19.6. The highest BCUT2D eigenvalue weighted by molar-refractivity contribution is 5.97. The van der Waals surface area contributed by atoms with Crippen LogP contribution < -0.4 is 5.43 Å². The molecule has 1 aliphatic rings. The maximum absolute atomic E-state index is 10.9. The van der Waals surface area contributed by atoms with E-state index in [-0.39, 0.29) is 11.1 Å². The van der Waals surface area contributed by atoms with Gasteiger partial charge in [0.25, 0.3) is 5.69 Å². The smallest absolute Gasteiger partial charge is 0.271 e. The van der Waals surface area contributed by atoms with Crippen molar-refractivity contribution in [3.63, 3.8) is 0 Å². The van der Waals surface area contributed by atoms with Gasteiger partial charge >= 0.3 is 0 Å². The van der Waals surface area contributed by atoms with Crippen molar-refractivity contribution in [3.8, 4) is 0 Å². The summed E-state index contributed by atoms with van der Waals surface area (Å²) in [6.07, 6.45) is 3.96. The van der Waals surface area contributed by atoms with Gasteiger partial charge in [0.2, 0.25) is 0 Å². The molecule has 106 valence electrons. The van der Waals surface area contributed by atoms with Gasteiger partial charge < -0.3 is 0 Å². The summed E-state index contributed by atoms with van der Waals surface area (Å²) in [5, 5.41) is 15.3. The van der Waals surface area contributed by atoms with Crippen molar-refractivity contribution in [2.24, 2.45) is 10.5 Å². The fourth-order valence-electron chi connectivity index (χ4n) is 2.63. The van der Waals surface area contributed by atoms with E-state index in [4.69, 9.17) is 0 Å². The lowest BCUT2D eigenvalue weighted by atomic mass is 9.77. The third-order valence-corrected chi connectivity index (χ3v) is 3.25. The lowest BCUT2D eigenvalue weighted by molar-refractivity contribution is -0.384. The van der Waals surface area contributed by atoms with E-state index in [0.29, 0.717) is 5.69 Å². The predicted molar refractivity (Wildman–Crippen MR) is 80.9 cm³/mol. The van der Waals surface area contributed by atoms with Gasteiger partial charge in [0.05, 0.1) is 10.6 Å². The molecule has 1 aliphatic carbocycles. The van der Waals surface area contributed by atoms with E-state index in [2.05, 4.69) is 31.3 Å². The molecule has 0 amide bonds. The molecule has 20 heavy (non-hydrogen) atoms. The molecule has 1 aromatic rings. The average Bonchev–Trinajstić information content (AvgIpc) is 2.34. The Hall–Kier alpha value is -2.17. The van der Waals surface area contributed by atoms with E-state index in [1.165, 1.54) is 11.6 Å². The third-order valence-electron chi connectivity index (χ3n) is 3.25. The minimum absolute atomic E-state index is 0.0348. The number of nitrogens with zero attached hydrogens (tertiary/aromatic N) is 2. The summed E-state index contributed by atoms with van der Waals surface area (Å²) in [6.45, 7) is 6.48. The molecule has 0 unspecified atom stereocenters. The molecule has 0 bridgehead atoms. The number of anilines is 1. The molecule has 1 N–H and O–H groups in total. The number of rotatable bonds is 3. The minimum atomic E-state index is -0.408. The SMILES string of the molecule is CC1=C/C(=N/Nc2ccccc2[N+](=O)[O-])CC(C)(C)C1. The molecule has 2 rings (SSSR count). The maximum atomic E-state index is 10.9. The number of nitro groups is 1. The fraction of sp³-hybridized carbons (Fsp3) is 0.400. The van der Waals surface area contributed by atoms with Gasteiger partial charge in [-0.25, -0.2) is 0 Å². The van der Waals surface area contributed by atoms with Gasteiger partial charge in [0.15, 0.2) is 0 Å². The van der Waals surface area contributed by atoms with Gasteiger partial charge in [-0.2, -0.15) is 5.10 Å². The Morgan fingerprint density at radius 3 is 2.65 bits per heavy atom. The molecule has 0 aromatic heterocycles. The summed E-state index contributed by atoms with van der Waals surface area (Å²) in [5.41, 5.74) is 5.67. The van der Waals surface area contributed by atoms with Crippen LogP contribution in [0.4, 0.5) is 11.4 Å². The van der Waals surface area contributed by atoms with Crippen molar-refractivity contribution in [1.29, 1.82) is 0 Å². The molecule has 5 nitrogen and oxygen atoms in total. The molecule has 5 heteroatoms. The average molecular weight is 273 g/mol. The highest BCUT2D eigenvalue weighted by Gasteiger charge is 2.24. The van der Waals surface area contributed by atoms with Crippen LogP contribution in [0.3, 0.4) is 0 Å². The molecule has 0 aliphatic heterocycles. The number of nitrogens with one attached hydrogen (secondary N) is 1. The Balaban J connectivity index is 2.22. The first-order valence-electron chi connectivity index (χ1n) is 6.60. The van der Waals surface area contributed by atoms with E-state index in [0.717, 1.165) is 18.6 Å². The van der Waals surface area contributed by atoms with Crippen LogP contribution >= 0.6 is 0 Å². The standard InChI is InChI=1S/C15H19N3O2/c1-11-8-12(10-15(2,3)9-11)16-17-13-6-4-5-7-14(13)18(19)20/h4-8,17H,9-10H2,1-3H3/b16-12-. The molecule has 0 heterocycles. The first kappa shape index (κ1) is 14.2. The number of benzene rings is 1. The van der Waals surface area contributed by atoms with Gasteiger partial charge in [-0.1, -0.05) is 31.6 Å². The molecule has 0 radical (unpaired) electrons. The zero-order valence-electron chi connectivity index (χ0n) is 12.0. The highest BCUT2D eigenvalue weighted by Crippen LogP contribution is 2.34. The molecule has 0 atom stereocenters. The van der Waals surface area contributed by atoms with Crippen LogP contribution in [0.15, 0.2) is 41.0 Å².